The van der Waals surface area contributed by atoms with Crippen molar-refractivity contribution in [2.24, 2.45) is 0 Å². The van der Waals surface area contributed by atoms with Crippen LogP contribution in [0.5, 0.6) is 0 Å². The third-order valence-electron chi connectivity index (χ3n) is 5.48. The molecule has 5 rings (SSSR count). The molecule has 6 nitrogen and oxygen atoms in total. The van der Waals surface area contributed by atoms with Crippen LogP contribution in [0.15, 0.2) is 98.1 Å². The number of nitrogens with zero attached hydrogens (tertiary/aromatic N) is 6. The molecule has 0 spiro atoms. The van der Waals surface area contributed by atoms with Crippen molar-refractivity contribution < 1.29 is 0 Å². The minimum absolute atomic E-state index is 0.735. The highest BCUT2D eigenvalue weighted by Crippen LogP contribution is 2.20. The summed E-state index contributed by atoms with van der Waals surface area (Å²) in [5.74, 6) is 0. The molecule has 38 heavy (non-hydrogen) atoms. The number of hydrogen-bond acceptors (Lipinski definition) is 6. The van der Waals surface area contributed by atoms with Gasteiger partial charge in [-0.15, -0.1) is 0 Å². The summed E-state index contributed by atoms with van der Waals surface area (Å²) in [4.78, 5) is 26.8. The van der Waals surface area contributed by atoms with Gasteiger partial charge in [0.2, 0.25) is 0 Å². The van der Waals surface area contributed by atoms with Crippen molar-refractivity contribution in [2.45, 2.75) is 0 Å². The number of aromatic nitrogens is 6. The Morgan fingerprint density at radius 1 is 0.342 bits per heavy atom. The van der Waals surface area contributed by atoms with Crippen molar-refractivity contribution in [2.75, 3.05) is 0 Å². The van der Waals surface area contributed by atoms with Crippen LogP contribution in [-0.4, -0.2) is 29.9 Å². The minimum Gasteiger partial charge on any atom is -0.264 e. The van der Waals surface area contributed by atoms with E-state index < -0.39 is 0 Å². The highest BCUT2D eigenvalue weighted by Gasteiger charge is 2.08. The normalized spacial score (nSPS) is 11.8. The first-order valence-electron chi connectivity index (χ1n) is 12.1. The van der Waals surface area contributed by atoms with Crippen LogP contribution < -0.4 is 0 Å². The van der Waals surface area contributed by atoms with Crippen LogP contribution in [0.4, 0.5) is 0 Å². The predicted octanol–water partition coefficient (Wildman–Crippen LogP) is 6.74. The topological polar surface area (TPSA) is 77.3 Å². The SMILES string of the molecule is C(=C\c1nc(/C=C/c2cccnc2)c(/C=C/c2cccnc2)nc1/C=C/c1cccnc1)/c1cccnc1. The fourth-order valence-electron chi connectivity index (χ4n) is 3.58. The van der Waals surface area contributed by atoms with Crippen molar-refractivity contribution in [1.29, 1.82) is 0 Å². The Labute approximate surface area is 221 Å². The molecule has 0 aliphatic heterocycles. The first-order chi connectivity index (χ1) is 18.8. The van der Waals surface area contributed by atoms with Gasteiger partial charge in [-0.3, -0.25) is 19.9 Å². The van der Waals surface area contributed by atoms with Crippen LogP contribution in [0.1, 0.15) is 45.0 Å². The summed E-state index contributed by atoms with van der Waals surface area (Å²) in [5.41, 5.74) is 6.84. The van der Waals surface area contributed by atoms with Gasteiger partial charge in [-0.1, -0.05) is 48.6 Å². The highest BCUT2D eigenvalue weighted by molar-refractivity contribution is 5.81. The van der Waals surface area contributed by atoms with E-state index in [0.29, 0.717) is 0 Å². The second-order valence-corrected chi connectivity index (χ2v) is 8.24. The Hall–Kier alpha value is -5.36. The summed E-state index contributed by atoms with van der Waals surface area (Å²) in [7, 11) is 0. The third-order valence-corrected chi connectivity index (χ3v) is 5.48. The minimum atomic E-state index is 0.735. The van der Waals surface area contributed by atoms with Gasteiger partial charge in [0.1, 0.15) is 0 Å². The monoisotopic (exact) mass is 492 g/mol. The molecule has 0 amide bonds. The van der Waals surface area contributed by atoms with Gasteiger partial charge in [0, 0.05) is 49.6 Å². The maximum atomic E-state index is 5.02. The van der Waals surface area contributed by atoms with E-state index in [1.807, 2.05) is 122 Å². The van der Waals surface area contributed by atoms with Gasteiger partial charge in [-0.2, -0.15) is 0 Å². The lowest BCUT2D eigenvalue weighted by Crippen LogP contribution is -2.00. The van der Waals surface area contributed by atoms with Crippen molar-refractivity contribution >= 4 is 48.6 Å². The standard InChI is InChI=1S/C32H24N6/c1-5-25(21-33-17-1)9-13-29-30(14-10-26-6-2-18-34-22-26)38-32(16-12-28-8-4-20-36-24-28)31(37-29)15-11-27-7-3-19-35-23-27/h1-24H/b13-9+,14-10+,15-11+,16-12+. The molecule has 0 bridgehead atoms. The van der Waals surface area contributed by atoms with Gasteiger partial charge in [0.15, 0.2) is 0 Å². The molecule has 5 aromatic rings. The fourth-order valence-corrected chi connectivity index (χ4v) is 3.58. The van der Waals surface area contributed by atoms with Crippen LogP contribution in [0.2, 0.25) is 0 Å². The van der Waals surface area contributed by atoms with Gasteiger partial charge in [0.05, 0.1) is 22.8 Å². The molecule has 5 heterocycles. The van der Waals surface area contributed by atoms with E-state index in [4.69, 9.17) is 9.97 Å². The quantitative estimate of drug-likeness (QED) is 0.239. The van der Waals surface area contributed by atoms with Gasteiger partial charge in [-0.25, -0.2) is 9.97 Å². The molecule has 0 saturated heterocycles. The second-order valence-electron chi connectivity index (χ2n) is 8.24. The van der Waals surface area contributed by atoms with Crippen LogP contribution in [-0.2, 0) is 0 Å². The number of pyridine rings is 4. The van der Waals surface area contributed by atoms with E-state index in [0.717, 1.165) is 45.0 Å². The molecule has 0 aromatic carbocycles. The van der Waals surface area contributed by atoms with Gasteiger partial charge in [-0.05, 0) is 70.8 Å². The van der Waals surface area contributed by atoms with Crippen LogP contribution in [0, 0.1) is 0 Å². The molecule has 0 fully saturated rings. The molecular formula is C32H24N6. The summed E-state index contributed by atoms with van der Waals surface area (Å²) in [6.07, 6.45) is 30.0. The van der Waals surface area contributed by atoms with Crippen LogP contribution in [0.3, 0.4) is 0 Å². The van der Waals surface area contributed by atoms with E-state index in [1.54, 1.807) is 24.8 Å². The summed E-state index contributed by atoms with van der Waals surface area (Å²) >= 11 is 0. The molecule has 6 heteroatoms. The third kappa shape index (κ3) is 6.86. The summed E-state index contributed by atoms with van der Waals surface area (Å²) in [5, 5.41) is 0. The molecule has 0 aliphatic rings. The molecule has 0 atom stereocenters. The highest BCUT2D eigenvalue weighted by atomic mass is 14.8. The largest absolute Gasteiger partial charge is 0.264 e. The Kier molecular flexibility index (Phi) is 8.04. The molecule has 182 valence electrons. The maximum absolute atomic E-state index is 5.02. The molecule has 0 unspecified atom stereocenters. The Morgan fingerprint density at radius 2 is 0.605 bits per heavy atom. The number of hydrogen-bond donors (Lipinski definition) is 0. The average molecular weight is 493 g/mol. The van der Waals surface area contributed by atoms with Gasteiger partial charge in [0.25, 0.3) is 0 Å². The summed E-state index contributed by atoms with van der Waals surface area (Å²) < 4.78 is 0. The molecular weight excluding hydrogens is 468 g/mol. The lowest BCUT2D eigenvalue weighted by Gasteiger charge is -2.07. The van der Waals surface area contributed by atoms with Crippen LogP contribution >= 0.6 is 0 Å². The molecule has 0 aliphatic carbocycles. The van der Waals surface area contributed by atoms with Crippen molar-refractivity contribution in [3.8, 4) is 0 Å². The lowest BCUT2D eigenvalue weighted by atomic mass is 10.1. The first kappa shape index (κ1) is 24.3. The molecule has 5 aromatic heterocycles. The van der Waals surface area contributed by atoms with E-state index in [1.165, 1.54) is 0 Å². The van der Waals surface area contributed by atoms with E-state index >= 15 is 0 Å². The van der Waals surface area contributed by atoms with Crippen molar-refractivity contribution in [3.05, 3.63) is 143 Å². The molecule has 0 saturated carbocycles. The van der Waals surface area contributed by atoms with Gasteiger partial charge >= 0.3 is 0 Å². The Balaban J connectivity index is 1.60. The lowest BCUT2D eigenvalue weighted by molar-refractivity contribution is 1.12. The summed E-state index contributed by atoms with van der Waals surface area (Å²) in [6, 6.07) is 15.6. The maximum Gasteiger partial charge on any atom is 0.0894 e. The van der Waals surface area contributed by atoms with E-state index in [2.05, 4.69) is 19.9 Å². The first-order valence-corrected chi connectivity index (χ1v) is 12.1. The predicted molar refractivity (Wildman–Crippen MR) is 155 cm³/mol. The smallest absolute Gasteiger partial charge is 0.0894 e. The Morgan fingerprint density at radius 3 is 0.816 bits per heavy atom. The Bertz CT molecular complexity index is 1340. The number of rotatable bonds is 8. The zero-order valence-electron chi connectivity index (χ0n) is 20.5. The average Bonchev–Trinajstić information content (AvgIpc) is 2.99. The van der Waals surface area contributed by atoms with Gasteiger partial charge < -0.3 is 0 Å². The van der Waals surface area contributed by atoms with E-state index in [-0.39, 0.29) is 0 Å². The summed E-state index contributed by atoms with van der Waals surface area (Å²) in [6.45, 7) is 0. The molecule has 0 radical (unpaired) electrons. The van der Waals surface area contributed by atoms with E-state index in [9.17, 15) is 0 Å². The fraction of sp³-hybridized carbons (Fsp3) is 0. The zero-order chi connectivity index (χ0) is 25.8. The van der Waals surface area contributed by atoms with Crippen molar-refractivity contribution in [1.82, 2.24) is 29.9 Å². The molecule has 0 N–H and O–H groups in total. The van der Waals surface area contributed by atoms with Crippen LogP contribution in [0.25, 0.3) is 48.6 Å². The van der Waals surface area contributed by atoms with Crippen molar-refractivity contribution in [3.63, 3.8) is 0 Å². The second kappa shape index (κ2) is 12.6. The zero-order valence-corrected chi connectivity index (χ0v) is 20.5.